The van der Waals surface area contributed by atoms with Crippen LogP contribution in [0.1, 0.15) is 31.2 Å². The Balaban J connectivity index is 1.98. The molecule has 4 heteroatoms. The number of nitriles is 1. The molecule has 1 saturated carbocycles. The van der Waals surface area contributed by atoms with E-state index in [1.54, 1.807) is 12.1 Å². The van der Waals surface area contributed by atoms with Gasteiger partial charge in [0.2, 0.25) is 0 Å². The Morgan fingerprint density at radius 3 is 3.00 bits per heavy atom. The van der Waals surface area contributed by atoms with Gasteiger partial charge < -0.3 is 10.4 Å². The number of anilines is 1. The van der Waals surface area contributed by atoms with E-state index in [2.05, 4.69) is 5.32 Å². The minimum absolute atomic E-state index is 0.0638. The molecule has 96 valence electrons. The number of hydrogen-bond donors (Lipinski definition) is 2. The topological polar surface area (TPSA) is 56.0 Å². The fourth-order valence-electron chi connectivity index (χ4n) is 2.49. The zero-order valence-electron chi connectivity index (χ0n) is 10.2. The lowest BCUT2D eigenvalue weighted by Crippen LogP contribution is -2.25. The van der Waals surface area contributed by atoms with Crippen molar-refractivity contribution in [1.82, 2.24) is 0 Å². The summed E-state index contributed by atoms with van der Waals surface area (Å²) < 4.78 is 13.4. The van der Waals surface area contributed by atoms with E-state index in [9.17, 15) is 9.50 Å². The first-order valence-corrected chi connectivity index (χ1v) is 6.31. The van der Waals surface area contributed by atoms with Gasteiger partial charge in [-0.15, -0.1) is 0 Å². The molecular formula is C14H17FN2O. The molecule has 2 rings (SSSR count). The number of aliphatic hydroxyl groups excluding tert-OH is 1. The monoisotopic (exact) mass is 248 g/mol. The average molecular weight is 248 g/mol. The van der Waals surface area contributed by atoms with Crippen LogP contribution in [0.5, 0.6) is 0 Å². The maximum atomic E-state index is 13.4. The molecule has 0 radical (unpaired) electrons. The number of hydrogen-bond acceptors (Lipinski definition) is 3. The third-order valence-corrected chi connectivity index (χ3v) is 3.46. The maximum absolute atomic E-state index is 13.4. The largest absolute Gasteiger partial charge is 0.393 e. The van der Waals surface area contributed by atoms with E-state index in [-0.39, 0.29) is 11.7 Å². The highest BCUT2D eigenvalue weighted by atomic mass is 19.1. The van der Waals surface area contributed by atoms with E-state index in [0.29, 0.717) is 18.2 Å². The fourth-order valence-corrected chi connectivity index (χ4v) is 2.49. The summed E-state index contributed by atoms with van der Waals surface area (Å²) in [6.07, 6.45) is 3.54. The SMILES string of the molecule is N#Cc1c(F)cccc1NCC1CCCC(O)C1. The third-order valence-electron chi connectivity index (χ3n) is 3.46. The van der Waals surface area contributed by atoms with Crippen molar-refractivity contribution in [3.63, 3.8) is 0 Å². The first-order chi connectivity index (χ1) is 8.70. The van der Waals surface area contributed by atoms with Gasteiger partial charge >= 0.3 is 0 Å². The fraction of sp³-hybridized carbons (Fsp3) is 0.500. The molecule has 2 N–H and O–H groups in total. The summed E-state index contributed by atoms with van der Waals surface area (Å²) in [4.78, 5) is 0. The number of aliphatic hydroxyl groups is 1. The van der Waals surface area contributed by atoms with Crippen molar-refractivity contribution in [2.24, 2.45) is 5.92 Å². The van der Waals surface area contributed by atoms with Crippen molar-refractivity contribution in [3.8, 4) is 6.07 Å². The van der Waals surface area contributed by atoms with Crippen LogP contribution in [-0.2, 0) is 0 Å². The molecule has 18 heavy (non-hydrogen) atoms. The molecule has 0 spiro atoms. The van der Waals surface area contributed by atoms with Crippen molar-refractivity contribution >= 4 is 5.69 Å². The maximum Gasteiger partial charge on any atom is 0.143 e. The molecular weight excluding hydrogens is 231 g/mol. The Labute approximate surface area is 106 Å². The normalized spacial score (nSPS) is 23.4. The summed E-state index contributed by atoms with van der Waals surface area (Å²) in [7, 11) is 0. The predicted molar refractivity (Wildman–Crippen MR) is 67.6 cm³/mol. The molecule has 0 aromatic heterocycles. The molecule has 0 bridgehead atoms. The Kier molecular flexibility index (Phi) is 4.16. The van der Waals surface area contributed by atoms with Crippen molar-refractivity contribution in [2.45, 2.75) is 31.8 Å². The molecule has 1 aromatic carbocycles. The summed E-state index contributed by atoms with van der Waals surface area (Å²) in [5.74, 6) is -0.102. The van der Waals surface area contributed by atoms with E-state index >= 15 is 0 Å². The molecule has 0 saturated heterocycles. The van der Waals surface area contributed by atoms with Crippen LogP contribution in [0.15, 0.2) is 18.2 Å². The molecule has 3 nitrogen and oxygen atoms in total. The molecule has 1 aromatic rings. The van der Waals surface area contributed by atoms with E-state index in [0.717, 1.165) is 25.7 Å². The number of halogens is 1. The molecule has 0 amide bonds. The second-order valence-electron chi connectivity index (χ2n) is 4.84. The van der Waals surface area contributed by atoms with E-state index < -0.39 is 5.82 Å². The third kappa shape index (κ3) is 2.99. The van der Waals surface area contributed by atoms with Gasteiger partial charge in [0.15, 0.2) is 0 Å². The Morgan fingerprint density at radius 1 is 1.44 bits per heavy atom. The summed E-state index contributed by atoms with van der Waals surface area (Å²) in [6.45, 7) is 0.676. The van der Waals surface area contributed by atoms with Crippen LogP contribution in [0.2, 0.25) is 0 Å². The molecule has 1 aliphatic carbocycles. The molecule has 1 aliphatic rings. The lowest BCUT2D eigenvalue weighted by atomic mass is 9.87. The Morgan fingerprint density at radius 2 is 2.28 bits per heavy atom. The van der Waals surface area contributed by atoms with Gasteiger partial charge in [-0.1, -0.05) is 12.5 Å². The number of nitrogens with one attached hydrogen (secondary N) is 1. The second-order valence-corrected chi connectivity index (χ2v) is 4.84. The van der Waals surface area contributed by atoms with Gasteiger partial charge in [0.25, 0.3) is 0 Å². The van der Waals surface area contributed by atoms with Gasteiger partial charge in [-0.2, -0.15) is 5.26 Å². The smallest absolute Gasteiger partial charge is 0.143 e. The number of nitrogens with zero attached hydrogens (tertiary/aromatic N) is 1. The van der Waals surface area contributed by atoms with Crippen molar-refractivity contribution in [3.05, 3.63) is 29.6 Å². The van der Waals surface area contributed by atoms with Crippen LogP contribution in [0.25, 0.3) is 0 Å². The van der Waals surface area contributed by atoms with Crippen LogP contribution >= 0.6 is 0 Å². The van der Waals surface area contributed by atoms with E-state index in [1.165, 1.54) is 6.07 Å². The average Bonchev–Trinajstić information content (AvgIpc) is 2.36. The highest BCUT2D eigenvalue weighted by molar-refractivity contribution is 5.57. The van der Waals surface area contributed by atoms with Crippen LogP contribution in [0, 0.1) is 23.1 Å². The van der Waals surface area contributed by atoms with Crippen LogP contribution < -0.4 is 5.32 Å². The van der Waals surface area contributed by atoms with Crippen LogP contribution in [0.3, 0.4) is 0 Å². The van der Waals surface area contributed by atoms with Crippen LogP contribution in [-0.4, -0.2) is 17.8 Å². The minimum Gasteiger partial charge on any atom is -0.393 e. The van der Waals surface area contributed by atoms with Gasteiger partial charge in [-0.3, -0.25) is 0 Å². The lowest BCUT2D eigenvalue weighted by Gasteiger charge is -2.26. The minimum atomic E-state index is -0.494. The summed E-state index contributed by atoms with van der Waals surface area (Å²) in [6, 6.07) is 6.46. The van der Waals surface area contributed by atoms with Gasteiger partial charge in [-0.05, 0) is 37.3 Å². The Hall–Kier alpha value is -1.60. The van der Waals surface area contributed by atoms with Crippen molar-refractivity contribution in [1.29, 1.82) is 5.26 Å². The van der Waals surface area contributed by atoms with Crippen molar-refractivity contribution < 1.29 is 9.50 Å². The first kappa shape index (κ1) is 12.8. The van der Waals surface area contributed by atoms with Gasteiger partial charge in [0.05, 0.1) is 11.8 Å². The summed E-state index contributed by atoms with van der Waals surface area (Å²) in [5, 5.41) is 21.6. The number of rotatable bonds is 3. The number of benzene rings is 1. The quantitative estimate of drug-likeness (QED) is 0.864. The van der Waals surface area contributed by atoms with Gasteiger partial charge in [0, 0.05) is 6.54 Å². The summed E-state index contributed by atoms with van der Waals surface area (Å²) in [5.41, 5.74) is 0.603. The lowest BCUT2D eigenvalue weighted by molar-refractivity contribution is 0.105. The van der Waals surface area contributed by atoms with Gasteiger partial charge in [-0.25, -0.2) is 4.39 Å². The van der Waals surface area contributed by atoms with Crippen molar-refractivity contribution in [2.75, 3.05) is 11.9 Å². The predicted octanol–water partition coefficient (Wildman–Crippen LogP) is 2.66. The standard InChI is InChI=1S/C14H17FN2O/c15-13-5-2-6-14(12(13)8-16)17-9-10-3-1-4-11(18)7-10/h2,5-6,10-11,17-18H,1,3-4,7,9H2. The zero-order valence-corrected chi connectivity index (χ0v) is 10.2. The Bertz CT molecular complexity index is 456. The molecule has 0 aliphatic heterocycles. The van der Waals surface area contributed by atoms with Gasteiger partial charge in [0.1, 0.15) is 17.4 Å². The first-order valence-electron chi connectivity index (χ1n) is 6.31. The molecule has 0 heterocycles. The molecule has 2 atom stereocenters. The molecule has 1 fully saturated rings. The van der Waals surface area contributed by atoms with E-state index in [1.807, 2.05) is 6.07 Å². The van der Waals surface area contributed by atoms with Crippen LogP contribution in [0.4, 0.5) is 10.1 Å². The highest BCUT2D eigenvalue weighted by Gasteiger charge is 2.20. The summed E-state index contributed by atoms with van der Waals surface area (Å²) >= 11 is 0. The molecule has 2 unspecified atom stereocenters. The second kappa shape index (κ2) is 5.83. The highest BCUT2D eigenvalue weighted by Crippen LogP contribution is 2.25. The van der Waals surface area contributed by atoms with E-state index in [4.69, 9.17) is 5.26 Å². The zero-order chi connectivity index (χ0) is 13.0.